The van der Waals surface area contributed by atoms with Crippen LogP contribution >= 0.6 is 0 Å². The van der Waals surface area contributed by atoms with Crippen molar-refractivity contribution in [2.75, 3.05) is 19.4 Å². The smallest absolute Gasteiger partial charge is 0.258 e. The van der Waals surface area contributed by atoms with Gasteiger partial charge in [-0.15, -0.1) is 0 Å². The lowest BCUT2D eigenvalue weighted by Crippen LogP contribution is -2.13. The molecule has 1 aromatic heterocycles. The molecule has 18 heavy (non-hydrogen) atoms. The number of aromatic nitrogens is 2. The van der Waals surface area contributed by atoms with Crippen molar-refractivity contribution in [1.82, 2.24) is 15.1 Å². The zero-order valence-electron chi connectivity index (χ0n) is 10.5. The average Bonchev–Trinajstić information content (AvgIpc) is 2.81. The van der Waals surface area contributed by atoms with Crippen LogP contribution in [-0.2, 0) is 6.54 Å². The molecular formula is C13H16N4O. The second-order valence-corrected chi connectivity index (χ2v) is 4.38. The van der Waals surface area contributed by atoms with Crippen molar-refractivity contribution in [1.29, 1.82) is 0 Å². The van der Waals surface area contributed by atoms with Gasteiger partial charge in [-0.3, -0.25) is 9.89 Å². The number of nitrogens with one attached hydrogen (secondary N) is 2. The molecule has 5 nitrogen and oxygen atoms in total. The highest BCUT2D eigenvalue weighted by Crippen LogP contribution is 2.13. The molecule has 1 heterocycles. The largest absolute Gasteiger partial charge is 0.322 e. The predicted molar refractivity (Wildman–Crippen MR) is 70.4 cm³/mol. The molecule has 0 atom stereocenters. The third-order valence-electron chi connectivity index (χ3n) is 2.44. The summed E-state index contributed by atoms with van der Waals surface area (Å²) in [5.74, 6) is -0.161. The molecule has 0 unspecified atom stereocenters. The number of hydrogen-bond donors (Lipinski definition) is 2. The number of hydrogen-bond acceptors (Lipinski definition) is 3. The topological polar surface area (TPSA) is 61.0 Å². The Bertz CT molecular complexity index is 520. The van der Waals surface area contributed by atoms with Crippen LogP contribution in [0.25, 0.3) is 0 Å². The maximum atomic E-state index is 11.8. The fourth-order valence-corrected chi connectivity index (χ4v) is 1.69. The van der Waals surface area contributed by atoms with E-state index in [0.29, 0.717) is 5.56 Å². The van der Waals surface area contributed by atoms with Crippen molar-refractivity contribution in [3.63, 3.8) is 0 Å². The number of rotatable bonds is 4. The second-order valence-electron chi connectivity index (χ2n) is 4.38. The molecule has 5 heteroatoms. The summed E-state index contributed by atoms with van der Waals surface area (Å²) < 4.78 is 0. The van der Waals surface area contributed by atoms with Gasteiger partial charge in [-0.25, -0.2) is 0 Å². The summed E-state index contributed by atoms with van der Waals surface area (Å²) in [5, 5.41) is 9.21. The van der Waals surface area contributed by atoms with Crippen LogP contribution in [0.5, 0.6) is 0 Å². The van der Waals surface area contributed by atoms with E-state index in [9.17, 15) is 4.79 Å². The number of benzene rings is 1. The molecule has 0 aliphatic rings. The molecular weight excluding hydrogens is 228 g/mol. The Morgan fingerprint density at radius 3 is 2.94 bits per heavy atom. The third kappa shape index (κ3) is 3.18. The minimum absolute atomic E-state index is 0.161. The number of amides is 1. The Balaban J connectivity index is 2.07. The van der Waals surface area contributed by atoms with Crippen molar-refractivity contribution in [2.45, 2.75) is 6.54 Å². The van der Waals surface area contributed by atoms with E-state index in [2.05, 4.69) is 20.4 Å². The second kappa shape index (κ2) is 5.46. The molecule has 2 aromatic rings. The van der Waals surface area contributed by atoms with Gasteiger partial charge in [0, 0.05) is 18.4 Å². The summed E-state index contributed by atoms with van der Waals surface area (Å²) in [6, 6.07) is 7.81. The van der Waals surface area contributed by atoms with Gasteiger partial charge in [-0.05, 0) is 31.8 Å². The molecule has 94 valence electrons. The highest BCUT2D eigenvalue weighted by molar-refractivity contribution is 6.03. The first-order valence-electron chi connectivity index (χ1n) is 5.69. The lowest BCUT2D eigenvalue weighted by atomic mass is 10.2. The molecule has 0 bridgehead atoms. The van der Waals surface area contributed by atoms with Crippen molar-refractivity contribution in [3.05, 3.63) is 47.8 Å². The number of H-pyrrole nitrogens is 1. The monoisotopic (exact) mass is 244 g/mol. The lowest BCUT2D eigenvalue weighted by molar-refractivity contribution is 0.102. The first kappa shape index (κ1) is 12.3. The van der Waals surface area contributed by atoms with Gasteiger partial charge >= 0.3 is 0 Å². The van der Waals surface area contributed by atoms with E-state index in [0.717, 1.165) is 17.8 Å². The summed E-state index contributed by atoms with van der Waals surface area (Å²) in [6.07, 6.45) is 3.07. The van der Waals surface area contributed by atoms with Crippen molar-refractivity contribution >= 4 is 11.6 Å². The normalized spacial score (nSPS) is 10.6. The Labute approximate surface area is 106 Å². The molecule has 0 saturated carbocycles. The highest BCUT2D eigenvalue weighted by atomic mass is 16.1. The van der Waals surface area contributed by atoms with Gasteiger partial charge in [0.2, 0.25) is 0 Å². The van der Waals surface area contributed by atoms with Crippen LogP contribution in [-0.4, -0.2) is 35.1 Å². The molecule has 2 rings (SSSR count). The molecule has 2 N–H and O–H groups in total. The Kier molecular flexibility index (Phi) is 3.74. The number of anilines is 1. The SMILES string of the molecule is CN(C)Cc1cccc(NC(=O)c2cn[nH]c2)c1. The highest BCUT2D eigenvalue weighted by Gasteiger charge is 2.07. The van der Waals surface area contributed by atoms with Crippen molar-refractivity contribution in [3.8, 4) is 0 Å². The Hall–Kier alpha value is -2.14. The van der Waals surface area contributed by atoms with Gasteiger partial charge in [0.15, 0.2) is 0 Å². The number of aromatic amines is 1. The summed E-state index contributed by atoms with van der Waals surface area (Å²) in [7, 11) is 4.02. The van der Waals surface area contributed by atoms with E-state index in [4.69, 9.17) is 0 Å². The van der Waals surface area contributed by atoms with E-state index in [1.807, 2.05) is 38.4 Å². The van der Waals surface area contributed by atoms with Gasteiger partial charge in [0.1, 0.15) is 0 Å². The van der Waals surface area contributed by atoms with E-state index >= 15 is 0 Å². The minimum Gasteiger partial charge on any atom is -0.322 e. The molecule has 0 radical (unpaired) electrons. The minimum atomic E-state index is -0.161. The summed E-state index contributed by atoms with van der Waals surface area (Å²) in [6.45, 7) is 0.843. The molecule has 1 aromatic carbocycles. The Morgan fingerprint density at radius 1 is 1.44 bits per heavy atom. The van der Waals surface area contributed by atoms with Gasteiger partial charge in [-0.2, -0.15) is 5.10 Å². The van der Waals surface area contributed by atoms with E-state index in [1.54, 1.807) is 6.20 Å². The van der Waals surface area contributed by atoms with Crippen LogP contribution in [0, 0.1) is 0 Å². The molecule has 1 amide bonds. The van der Waals surface area contributed by atoms with Crippen LogP contribution in [0.1, 0.15) is 15.9 Å². The fraction of sp³-hybridized carbons (Fsp3) is 0.231. The zero-order valence-corrected chi connectivity index (χ0v) is 10.5. The van der Waals surface area contributed by atoms with Gasteiger partial charge in [0.05, 0.1) is 11.8 Å². The number of carbonyl (C=O) groups excluding carboxylic acids is 1. The van der Waals surface area contributed by atoms with E-state index < -0.39 is 0 Å². The molecule has 0 aliphatic carbocycles. The molecule has 0 spiro atoms. The summed E-state index contributed by atoms with van der Waals surface area (Å²) in [5.41, 5.74) is 2.47. The van der Waals surface area contributed by atoms with Crippen LogP contribution in [0.4, 0.5) is 5.69 Å². The van der Waals surface area contributed by atoms with Crippen LogP contribution in [0.3, 0.4) is 0 Å². The van der Waals surface area contributed by atoms with Crippen LogP contribution in [0.2, 0.25) is 0 Å². The average molecular weight is 244 g/mol. The number of nitrogens with zero attached hydrogens (tertiary/aromatic N) is 2. The summed E-state index contributed by atoms with van der Waals surface area (Å²) in [4.78, 5) is 13.9. The fourth-order valence-electron chi connectivity index (χ4n) is 1.69. The summed E-state index contributed by atoms with van der Waals surface area (Å²) >= 11 is 0. The van der Waals surface area contributed by atoms with Gasteiger partial charge in [0.25, 0.3) is 5.91 Å². The van der Waals surface area contributed by atoms with Gasteiger partial charge in [-0.1, -0.05) is 12.1 Å². The third-order valence-corrected chi connectivity index (χ3v) is 2.44. The van der Waals surface area contributed by atoms with Gasteiger partial charge < -0.3 is 10.2 Å². The predicted octanol–water partition coefficient (Wildman–Crippen LogP) is 1.72. The first-order chi connectivity index (χ1) is 8.65. The van der Waals surface area contributed by atoms with Crippen LogP contribution in [0.15, 0.2) is 36.7 Å². The van der Waals surface area contributed by atoms with Crippen molar-refractivity contribution < 1.29 is 4.79 Å². The van der Waals surface area contributed by atoms with E-state index in [-0.39, 0.29) is 5.91 Å². The molecule has 0 fully saturated rings. The lowest BCUT2D eigenvalue weighted by Gasteiger charge is -2.11. The number of carbonyl (C=O) groups is 1. The van der Waals surface area contributed by atoms with Crippen LogP contribution < -0.4 is 5.32 Å². The molecule has 0 saturated heterocycles. The molecule has 0 aliphatic heterocycles. The maximum absolute atomic E-state index is 11.8. The first-order valence-corrected chi connectivity index (χ1v) is 5.69. The Morgan fingerprint density at radius 2 is 2.28 bits per heavy atom. The zero-order chi connectivity index (χ0) is 13.0. The van der Waals surface area contributed by atoms with E-state index in [1.165, 1.54) is 6.20 Å². The maximum Gasteiger partial charge on any atom is 0.258 e. The standard InChI is InChI=1S/C13H16N4O/c1-17(2)9-10-4-3-5-12(6-10)16-13(18)11-7-14-15-8-11/h3-8H,9H2,1-2H3,(H,14,15)(H,16,18). The quantitative estimate of drug-likeness (QED) is 0.861. The van der Waals surface area contributed by atoms with Crippen molar-refractivity contribution in [2.24, 2.45) is 0 Å².